The number of hydrogen-bond acceptors (Lipinski definition) is 5. The molecule has 1 aliphatic heterocycles. The molecule has 3 aromatic carbocycles. The Labute approximate surface area is 210 Å². The summed E-state index contributed by atoms with van der Waals surface area (Å²) in [6.45, 7) is 4.31. The SMILES string of the molecule is CC(NC(=O)c1ccc(NC(=O)CNc2ccc(C(=O)N3CCOCC3)cc2)cc1)c1ccccc1. The molecule has 3 aromatic rings. The van der Waals surface area contributed by atoms with Gasteiger partial charge in [0, 0.05) is 35.6 Å². The second-order valence-corrected chi connectivity index (χ2v) is 8.57. The smallest absolute Gasteiger partial charge is 0.254 e. The van der Waals surface area contributed by atoms with Crippen LogP contribution in [0.4, 0.5) is 11.4 Å². The summed E-state index contributed by atoms with van der Waals surface area (Å²) in [5, 5.41) is 8.84. The molecule has 4 rings (SSSR count). The lowest BCUT2D eigenvalue weighted by Crippen LogP contribution is -2.40. The number of benzene rings is 3. The number of nitrogens with one attached hydrogen (secondary N) is 3. The topological polar surface area (TPSA) is 99.8 Å². The molecule has 3 N–H and O–H groups in total. The molecular weight excluding hydrogens is 456 g/mol. The quantitative estimate of drug-likeness (QED) is 0.451. The van der Waals surface area contributed by atoms with Gasteiger partial charge in [-0.25, -0.2) is 0 Å². The Kier molecular flexibility index (Phi) is 8.31. The van der Waals surface area contributed by atoms with Crippen LogP contribution in [0.5, 0.6) is 0 Å². The van der Waals surface area contributed by atoms with E-state index >= 15 is 0 Å². The molecule has 3 amide bonds. The molecule has 1 unspecified atom stereocenters. The van der Waals surface area contributed by atoms with Gasteiger partial charge in [0.25, 0.3) is 11.8 Å². The van der Waals surface area contributed by atoms with E-state index in [1.165, 1.54) is 0 Å². The van der Waals surface area contributed by atoms with E-state index in [0.29, 0.717) is 43.1 Å². The van der Waals surface area contributed by atoms with E-state index in [9.17, 15) is 14.4 Å². The minimum absolute atomic E-state index is 0.0192. The number of carbonyl (C=O) groups is 3. The number of amides is 3. The number of ether oxygens (including phenoxy) is 1. The number of morpholine rings is 1. The molecule has 8 heteroatoms. The number of rotatable bonds is 8. The Bertz CT molecular complexity index is 1170. The lowest BCUT2D eigenvalue weighted by Gasteiger charge is -2.26. The van der Waals surface area contributed by atoms with Crippen molar-refractivity contribution in [1.29, 1.82) is 0 Å². The van der Waals surface area contributed by atoms with Crippen LogP contribution in [0.3, 0.4) is 0 Å². The summed E-state index contributed by atoms with van der Waals surface area (Å²) in [4.78, 5) is 39.2. The van der Waals surface area contributed by atoms with Gasteiger partial charge in [-0.05, 0) is 61.0 Å². The predicted octanol–water partition coefficient (Wildman–Crippen LogP) is 3.70. The Hall–Kier alpha value is -4.17. The van der Waals surface area contributed by atoms with Crippen molar-refractivity contribution in [3.8, 4) is 0 Å². The summed E-state index contributed by atoms with van der Waals surface area (Å²) in [5.74, 6) is -0.422. The van der Waals surface area contributed by atoms with Crippen LogP contribution in [0.25, 0.3) is 0 Å². The van der Waals surface area contributed by atoms with Crippen molar-refractivity contribution in [2.24, 2.45) is 0 Å². The first kappa shape index (κ1) is 24.9. The summed E-state index contributed by atoms with van der Waals surface area (Å²) in [6, 6.07) is 23.5. The van der Waals surface area contributed by atoms with E-state index in [1.54, 1.807) is 53.4 Å². The van der Waals surface area contributed by atoms with E-state index in [4.69, 9.17) is 4.74 Å². The average molecular weight is 487 g/mol. The van der Waals surface area contributed by atoms with Gasteiger partial charge in [-0.2, -0.15) is 0 Å². The van der Waals surface area contributed by atoms with Gasteiger partial charge < -0.3 is 25.6 Å². The van der Waals surface area contributed by atoms with E-state index in [2.05, 4.69) is 16.0 Å². The molecule has 1 aliphatic rings. The van der Waals surface area contributed by atoms with Crippen LogP contribution in [0.15, 0.2) is 78.9 Å². The number of nitrogens with zero attached hydrogens (tertiary/aromatic N) is 1. The first-order valence-corrected chi connectivity index (χ1v) is 12.0. The largest absolute Gasteiger partial charge is 0.378 e. The molecule has 0 aliphatic carbocycles. The number of carbonyl (C=O) groups excluding carboxylic acids is 3. The number of hydrogen-bond donors (Lipinski definition) is 3. The molecule has 0 aromatic heterocycles. The van der Waals surface area contributed by atoms with Gasteiger partial charge >= 0.3 is 0 Å². The van der Waals surface area contributed by atoms with Gasteiger partial charge in [0.05, 0.1) is 25.8 Å². The van der Waals surface area contributed by atoms with Crippen molar-refractivity contribution < 1.29 is 19.1 Å². The first-order chi connectivity index (χ1) is 17.5. The molecule has 0 spiro atoms. The van der Waals surface area contributed by atoms with Crippen LogP contribution in [0, 0.1) is 0 Å². The average Bonchev–Trinajstić information content (AvgIpc) is 2.93. The third-order valence-electron chi connectivity index (χ3n) is 5.96. The normalized spacial score (nSPS) is 14.0. The lowest BCUT2D eigenvalue weighted by molar-refractivity contribution is -0.114. The Balaban J connectivity index is 1.23. The Morgan fingerprint density at radius 1 is 0.833 bits per heavy atom. The maximum atomic E-state index is 12.5. The minimum atomic E-state index is -0.224. The Morgan fingerprint density at radius 3 is 2.11 bits per heavy atom. The van der Waals surface area contributed by atoms with Crippen LogP contribution in [0.1, 0.15) is 39.2 Å². The molecule has 0 bridgehead atoms. The molecule has 0 saturated carbocycles. The van der Waals surface area contributed by atoms with Gasteiger partial charge in [-0.15, -0.1) is 0 Å². The molecular formula is C28H30N4O4. The predicted molar refractivity (Wildman–Crippen MR) is 139 cm³/mol. The molecule has 1 saturated heterocycles. The summed E-state index contributed by atoms with van der Waals surface area (Å²) in [5.41, 5.74) is 3.49. The van der Waals surface area contributed by atoms with Gasteiger partial charge in [0.15, 0.2) is 0 Å². The van der Waals surface area contributed by atoms with Gasteiger partial charge in [0.2, 0.25) is 5.91 Å². The molecule has 0 radical (unpaired) electrons. The fourth-order valence-corrected chi connectivity index (χ4v) is 3.88. The third kappa shape index (κ3) is 6.70. The fraction of sp³-hybridized carbons (Fsp3) is 0.250. The fourth-order valence-electron chi connectivity index (χ4n) is 3.88. The second-order valence-electron chi connectivity index (χ2n) is 8.57. The van der Waals surface area contributed by atoms with Crippen LogP contribution >= 0.6 is 0 Å². The molecule has 1 fully saturated rings. The molecule has 1 heterocycles. The van der Waals surface area contributed by atoms with Crippen molar-refractivity contribution in [2.75, 3.05) is 43.5 Å². The molecule has 8 nitrogen and oxygen atoms in total. The van der Waals surface area contributed by atoms with E-state index in [-0.39, 0.29) is 30.3 Å². The van der Waals surface area contributed by atoms with Crippen LogP contribution < -0.4 is 16.0 Å². The van der Waals surface area contributed by atoms with Gasteiger partial charge in [0.1, 0.15) is 0 Å². The van der Waals surface area contributed by atoms with Crippen molar-refractivity contribution in [3.63, 3.8) is 0 Å². The highest BCUT2D eigenvalue weighted by Gasteiger charge is 2.18. The third-order valence-corrected chi connectivity index (χ3v) is 5.96. The summed E-state index contributed by atoms with van der Waals surface area (Å²) >= 11 is 0. The minimum Gasteiger partial charge on any atom is -0.378 e. The highest BCUT2D eigenvalue weighted by molar-refractivity contribution is 5.97. The van der Waals surface area contributed by atoms with E-state index < -0.39 is 0 Å². The summed E-state index contributed by atoms with van der Waals surface area (Å²) < 4.78 is 5.29. The second kappa shape index (κ2) is 12.0. The van der Waals surface area contributed by atoms with Crippen molar-refractivity contribution in [1.82, 2.24) is 10.2 Å². The van der Waals surface area contributed by atoms with E-state index in [0.717, 1.165) is 11.3 Å². The first-order valence-electron chi connectivity index (χ1n) is 12.0. The standard InChI is InChI=1S/C28H30N4O4/c1-20(21-5-3-2-4-6-21)30-27(34)22-7-13-25(14-8-22)31-26(33)19-29-24-11-9-23(10-12-24)28(35)32-15-17-36-18-16-32/h2-14,20,29H,15-19H2,1H3,(H,30,34)(H,31,33). The zero-order valence-corrected chi connectivity index (χ0v) is 20.2. The summed E-state index contributed by atoms with van der Waals surface area (Å²) in [6.07, 6.45) is 0. The lowest BCUT2D eigenvalue weighted by atomic mass is 10.1. The highest BCUT2D eigenvalue weighted by atomic mass is 16.5. The zero-order valence-electron chi connectivity index (χ0n) is 20.2. The number of anilines is 2. The van der Waals surface area contributed by atoms with Crippen LogP contribution in [-0.4, -0.2) is 55.5 Å². The summed E-state index contributed by atoms with van der Waals surface area (Å²) in [7, 11) is 0. The zero-order chi connectivity index (χ0) is 25.3. The van der Waals surface area contributed by atoms with Crippen molar-refractivity contribution >= 4 is 29.1 Å². The monoisotopic (exact) mass is 486 g/mol. The maximum Gasteiger partial charge on any atom is 0.254 e. The maximum absolute atomic E-state index is 12.5. The Morgan fingerprint density at radius 2 is 1.44 bits per heavy atom. The van der Waals surface area contributed by atoms with Crippen LogP contribution in [-0.2, 0) is 9.53 Å². The van der Waals surface area contributed by atoms with Crippen molar-refractivity contribution in [2.45, 2.75) is 13.0 Å². The highest BCUT2D eigenvalue weighted by Crippen LogP contribution is 2.15. The van der Waals surface area contributed by atoms with Crippen LogP contribution in [0.2, 0.25) is 0 Å². The van der Waals surface area contributed by atoms with Gasteiger partial charge in [-0.1, -0.05) is 30.3 Å². The van der Waals surface area contributed by atoms with Crippen molar-refractivity contribution in [3.05, 3.63) is 95.6 Å². The molecule has 36 heavy (non-hydrogen) atoms. The molecule has 186 valence electrons. The molecule has 1 atom stereocenters. The van der Waals surface area contributed by atoms with E-state index in [1.807, 2.05) is 37.3 Å². The van der Waals surface area contributed by atoms with Gasteiger partial charge in [-0.3, -0.25) is 14.4 Å².